The van der Waals surface area contributed by atoms with Gasteiger partial charge in [-0.05, 0) is 56.5 Å². The van der Waals surface area contributed by atoms with E-state index >= 15 is 0 Å². The van der Waals surface area contributed by atoms with Gasteiger partial charge in [-0.15, -0.1) is 0 Å². The summed E-state index contributed by atoms with van der Waals surface area (Å²) < 4.78 is 27.1. The summed E-state index contributed by atoms with van der Waals surface area (Å²) in [6, 6.07) is 18.6. The predicted molar refractivity (Wildman–Crippen MR) is 167 cm³/mol. The molecule has 2 atom stereocenters. The Hall–Kier alpha value is -3.07. The van der Waals surface area contributed by atoms with E-state index in [0.29, 0.717) is 33.3 Å². The Morgan fingerprint density at radius 1 is 0.951 bits per heavy atom. The molecule has 10 heteroatoms. The molecule has 7 nitrogen and oxygen atoms in total. The zero-order valence-electron chi connectivity index (χ0n) is 24.0. The van der Waals surface area contributed by atoms with Gasteiger partial charge in [0.25, 0.3) is 0 Å². The number of aryl methyl sites for hydroxylation is 2. The monoisotopic (exact) mass is 617 g/mol. The van der Waals surface area contributed by atoms with Gasteiger partial charge in [0.15, 0.2) is 0 Å². The van der Waals surface area contributed by atoms with Crippen LogP contribution in [0, 0.1) is 13.8 Å². The van der Waals surface area contributed by atoms with E-state index in [4.69, 9.17) is 23.2 Å². The largest absolute Gasteiger partial charge is 0.352 e. The first-order chi connectivity index (χ1) is 19.3. The zero-order chi connectivity index (χ0) is 30.3. The number of anilines is 1. The third-order valence-electron chi connectivity index (χ3n) is 6.96. The number of amides is 2. The molecule has 0 aromatic heterocycles. The maximum absolute atomic E-state index is 14.2. The lowest BCUT2D eigenvalue weighted by molar-refractivity contribution is -0.140. The zero-order valence-corrected chi connectivity index (χ0v) is 26.4. The van der Waals surface area contributed by atoms with E-state index in [1.807, 2.05) is 57.2 Å². The van der Waals surface area contributed by atoms with Crippen molar-refractivity contribution in [3.05, 3.63) is 99.0 Å². The highest BCUT2D eigenvalue weighted by Crippen LogP contribution is 2.29. The molecule has 3 aromatic carbocycles. The normalized spacial score (nSPS) is 12.9. The summed E-state index contributed by atoms with van der Waals surface area (Å²) in [7, 11) is -3.87. The molecule has 3 rings (SSSR count). The molecule has 0 aliphatic rings. The third kappa shape index (κ3) is 8.71. The molecular formula is C31H37Cl2N3O4S. The third-order valence-corrected chi connectivity index (χ3v) is 8.80. The Balaban J connectivity index is 2.13. The minimum absolute atomic E-state index is 0.0900. The van der Waals surface area contributed by atoms with Crippen LogP contribution in [0.4, 0.5) is 5.69 Å². The van der Waals surface area contributed by atoms with Crippen molar-refractivity contribution in [2.45, 2.75) is 59.2 Å². The highest BCUT2D eigenvalue weighted by Gasteiger charge is 2.34. The van der Waals surface area contributed by atoms with E-state index in [-0.39, 0.29) is 24.9 Å². The number of sulfonamides is 1. The molecule has 0 aliphatic heterocycles. The van der Waals surface area contributed by atoms with Crippen molar-refractivity contribution in [2.75, 3.05) is 17.1 Å². The van der Waals surface area contributed by atoms with Crippen molar-refractivity contribution in [1.82, 2.24) is 10.2 Å². The first-order valence-corrected chi connectivity index (χ1v) is 16.0. The fourth-order valence-electron chi connectivity index (χ4n) is 4.53. The van der Waals surface area contributed by atoms with Crippen LogP contribution in [0.5, 0.6) is 0 Å². The van der Waals surface area contributed by atoms with Gasteiger partial charge in [0.1, 0.15) is 12.6 Å². The van der Waals surface area contributed by atoms with Crippen LogP contribution in [0.15, 0.2) is 66.7 Å². The summed E-state index contributed by atoms with van der Waals surface area (Å²) >= 11 is 13.0. The molecule has 41 heavy (non-hydrogen) atoms. The van der Waals surface area contributed by atoms with Crippen LogP contribution in [0.1, 0.15) is 42.5 Å². The number of nitrogens with zero attached hydrogens (tertiary/aromatic N) is 2. The predicted octanol–water partition coefficient (Wildman–Crippen LogP) is 5.93. The minimum Gasteiger partial charge on any atom is -0.352 e. The number of rotatable bonds is 12. The average molecular weight is 619 g/mol. The molecule has 0 spiro atoms. The second-order valence-electron chi connectivity index (χ2n) is 10.3. The van der Waals surface area contributed by atoms with Gasteiger partial charge >= 0.3 is 0 Å². The second kappa shape index (κ2) is 14.2. The topological polar surface area (TPSA) is 86.8 Å². The summed E-state index contributed by atoms with van der Waals surface area (Å²) in [6.45, 7) is 6.95. The fourth-order valence-corrected chi connectivity index (χ4v) is 5.95. The van der Waals surface area contributed by atoms with Crippen LogP contribution in [0.3, 0.4) is 0 Å². The molecule has 2 unspecified atom stereocenters. The lowest BCUT2D eigenvalue weighted by Crippen LogP contribution is -2.54. The van der Waals surface area contributed by atoms with Gasteiger partial charge in [0.2, 0.25) is 21.8 Å². The summed E-state index contributed by atoms with van der Waals surface area (Å²) in [4.78, 5) is 29.4. The van der Waals surface area contributed by atoms with Crippen LogP contribution in [0.2, 0.25) is 10.0 Å². The standard InChI is InChI=1S/C31H37Cl2N3O4S/c1-6-23(4)34-31(38)29(18-24-11-8-7-9-12-24)35(19-25-26(32)13-10-14-27(25)33)30(37)20-36(41(5,39)40)28-16-15-21(2)17-22(28)3/h7-17,23,29H,6,18-20H2,1-5H3,(H,34,38). The quantitative estimate of drug-likeness (QED) is 0.273. The number of carbonyl (C=O) groups is 2. The van der Waals surface area contributed by atoms with Gasteiger partial charge in [-0.3, -0.25) is 13.9 Å². The maximum atomic E-state index is 14.2. The molecule has 0 heterocycles. The Bertz CT molecular complexity index is 1460. The van der Waals surface area contributed by atoms with Crippen LogP contribution in [-0.2, 0) is 32.6 Å². The van der Waals surface area contributed by atoms with E-state index < -0.39 is 28.5 Å². The van der Waals surface area contributed by atoms with E-state index in [1.54, 1.807) is 37.3 Å². The SMILES string of the molecule is CCC(C)NC(=O)C(Cc1ccccc1)N(Cc1c(Cl)cccc1Cl)C(=O)CN(c1ccc(C)cc1C)S(C)(=O)=O. The molecule has 0 radical (unpaired) electrons. The van der Waals surface area contributed by atoms with Crippen LogP contribution in [0.25, 0.3) is 0 Å². The molecule has 220 valence electrons. The van der Waals surface area contributed by atoms with Crippen LogP contribution >= 0.6 is 23.2 Å². The number of hydrogen-bond acceptors (Lipinski definition) is 4. The van der Waals surface area contributed by atoms with Gasteiger partial charge in [-0.25, -0.2) is 8.42 Å². The maximum Gasteiger partial charge on any atom is 0.244 e. The first kappa shape index (κ1) is 32.4. The summed E-state index contributed by atoms with van der Waals surface area (Å²) in [5.74, 6) is -0.913. The lowest BCUT2D eigenvalue weighted by Gasteiger charge is -2.34. The summed E-state index contributed by atoms with van der Waals surface area (Å²) in [5, 5.41) is 3.68. The number of nitrogens with one attached hydrogen (secondary N) is 1. The fraction of sp³-hybridized carbons (Fsp3) is 0.355. The van der Waals surface area contributed by atoms with E-state index in [2.05, 4.69) is 5.32 Å². The Morgan fingerprint density at radius 3 is 2.15 bits per heavy atom. The highest BCUT2D eigenvalue weighted by molar-refractivity contribution is 7.92. The van der Waals surface area contributed by atoms with Crippen LogP contribution in [-0.4, -0.2) is 50.0 Å². The van der Waals surface area contributed by atoms with Gasteiger partial charge in [-0.2, -0.15) is 0 Å². The molecule has 0 fully saturated rings. The van der Waals surface area contributed by atoms with Crippen molar-refractivity contribution in [2.24, 2.45) is 0 Å². The lowest BCUT2D eigenvalue weighted by atomic mass is 10.0. The average Bonchev–Trinajstić information content (AvgIpc) is 2.90. The van der Waals surface area contributed by atoms with Crippen LogP contribution < -0.4 is 9.62 Å². The van der Waals surface area contributed by atoms with Gasteiger partial charge in [0.05, 0.1) is 11.9 Å². The van der Waals surface area contributed by atoms with Crippen molar-refractivity contribution >= 4 is 50.7 Å². The number of halogens is 2. The van der Waals surface area contributed by atoms with Gasteiger partial charge in [0, 0.05) is 34.6 Å². The van der Waals surface area contributed by atoms with E-state index in [1.165, 1.54) is 4.90 Å². The molecule has 1 N–H and O–H groups in total. The molecule has 3 aromatic rings. The molecule has 0 saturated carbocycles. The Labute approximate surface area is 253 Å². The van der Waals surface area contributed by atoms with Crippen molar-refractivity contribution in [1.29, 1.82) is 0 Å². The van der Waals surface area contributed by atoms with E-state index in [0.717, 1.165) is 21.7 Å². The molecular weight excluding hydrogens is 581 g/mol. The number of benzene rings is 3. The Morgan fingerprint density at radius 2 is 1.59 bits per heavy atom. The number of hydrogen-bond donors (Lipinski definition) is 1. The van der Waals surface area contributed by atoms with Crippen molar-refractivity contribution < 1.29 is 18.0 Å². The molecule has 2 amide bonds. The van der Waals surface area contributed by atoms with Gasteiger partial charge < -0.3 is 10.2 Å². The minimum atomic E-state index is -3.87. The molecule has 0 aliphatic carbocycles. The second-order valence-corrected chi connectivity index (χ2v) is 13.0. The molecule has 0 saturated heterocycles. The van der Waals surface area contributed by atoms with E-state index in [9.17, 15) is 18.0 Å². The Kier molecular flexibility index (Phi) is 11.2. The number of carbonyl (C=O) groups excluding carboxylic acids is 2. The summed E-state index contributed by atoms with van der Waals surface area (Å²) in [6.07, 6.45) is 1.97. The highest BCUT2D eigenvalue weighted by atomic mass is 35.5. The first-order valence-electron chi connectivity index (χ1n) is 13.4. The smallest absolute Gasteiger partial charge is 0.244 e. The van der Waals surface area contributed by atoms with Gasteiger partial charge in [-0.1, -0.05) is 84.2 Å². The van der Waals surface area contributed by atoms with Crippen molar-refractivity contribution in [3.8, 4) is 0 Å². The summed E-state index contributed by atoms with van der Waals surface area (Å²) in [5.41, 5.74) is 3.38. The molecule has 0 bridgehead atoms. The van der Waals surface area contributed by atoms with Crippen molar-refractivity contribution in [3.63, 3.8) is 0 Å².